The smallest absolute Gasteiger partial charge is 1.00 e. The van der Waals surface area contributed by atoms with Crippen molar-refractivity contribution in [2.24, 2.45) is 0 Å². The molecule has 0 aliphatic carbocycles. The van der Waals surface area contributed by atoms with E-state index in [4.69, 9.17) is 0 Å². The molecule has 0 fully saturated rings. The minimum Gasteiger partial charge on any atom is -1.00 e. The van der Waals surface area contributed by atoms with Crippen LogP contribution in [0.2, 0.25) is 0 Å². The van der Waals surface area contributed by atoms with Crippen molar-refractivity contribution >= 4 is 11.4 Å². The van der Waals surface area contributed by atoms with Crippen LogP contribution in [-0.4, -0.2) is 26.2 Å². The van der Waals surface area contributed by atoms with Crippen LogP contribution in [-0.2, 0) is 16.5 Å². The quantitative estimate of drug-likeness (QED) is 0.331. The van der Waals surface area contributed by atoms with Crippen molar-refractivity contribution in [3.05, 3.63) is 57.6 Å². The van der Waals surface area contributed by atoms with E-state index in [2.05, 4.69) is 81.8 Å². The number of hydrogen-bond donors (Lipinski definition) is 3. The molecule has 0 amide bonds. The Bertz CT molecular complexity index is 628. The van der Waals surface area contributed by atoms with E-state index in [-0.39, 0.29) is 41.3 Å². The van der Waals surface area contributed by atoms with Crippen LogP contribution in [0.1, 0.15) is 33.4 Å². The summed E-state index contributed by atoms with van der Waals surface area (Å²) in [6, 6.07) is 8.94. The van der Waals surface area contributed by atoms with Crippen molar-refractivity contribution in [1.82, 2.24) is 5.32 Å². The van der Waals surface area contributed by atoms with Gasteiger partial charge < -0.3 is 40.8 Å². The van der Waals surface area contributed by atoms with Gasteiger partial charge in [-0.15, -0.1) is 0 Å². The summed E-state index contributed by atoms with van der Waals surface area (Å²) in [5.41, 5.74) is 10.5. The van der Waals surface area contributed by atoms with Gasteiger partial charge in [-0.05, 0) is 63.8 Å². The first-order valence-corrected chi connectivity index (χ1v) is 9.22. The van der Waals surface area contributed by atoms with Crippen LogP contribution >= 0.6 is 0 Å². The van der Waals surface area contributed by atoms with E-state index >= 15 is 0 Å². The zero-order valence-corrected chi connectivity index (χ0v) is 20.2. The molecule has 0 aromatic heterocycles. The standard InChI is InChI=1S/C22H33N3.2ClH.Ni/c1-15-11-17(3)21(18(4)12-15)24-9-7-23-8-10-25-22-19(5)13-16(2)14-20(22)6;;;/h11-14,23-25H,7-10H2,1-6H3;2*1H;/q;;;+2/p-2. The molecule has 0 atom stereocenters. The van der Waals surface area contributed by atoms with E-state index < -0.39 is 0 Å². The summed E-state index contributed by atoms with van der Waals surface area (Å²) in [5, 5.41) is 10.6. The zero-order valence-electron chi connectivity index (χ0n) is 17.7. The first kappa shape index (κ1) is 29.3. The molecule has 0 aliphatic heterocycles. The molecule has 160 valence electrons. The van der Waals surface area contributed by atoms with E-state index in [1.54, 1.807) is 0 Å². The Kier molecular flexibility index (Phi) is 14.8. The third-order valence-electron chi connectivity index (χ3n) is 4.56. The SMILES string of the molecule is Cc1cc(C)c(NCCNCCNc2c(C)cc(C)cc2C)c(C)c1.[Cl-].[Cl-].[Ni+2]. The predicted octanol–water partition coefficient (Wildman–Crippen LogP) is -1.34. The van der Waals surface area contributed by atoms with Crippen LogP contribution < -0.4 is 40.8 Å². The molecule has 2 rings (SSSR count). The van der Waals surface area contributed by atoms with Gasteiger partial charge in [0.2, 0.25) is 0 Å². The Hall–Kier alpha value is -0.926. The van der Waals surface area contributed by atoms with Crippen molar-refractivity contribution in [3.8, 4) is 0 Å². The number of hydrogen-bond acceptors (Lipinski definition) is 3. The number of rotatable bonds is 8. The summed E-state index contributed by atoms with van der Waals surface area (Å²) in [4.78, 5) is 0. The van der Waals surface area contributed by atoms with Gasteiger partial charge >= 0.3 is 16.5 Å². The van der Waals surface area contributed by atoms with E-state index in [0.717, 1.165) is 26.2 Å². The molecular weight excluding hydrogens is 436 g/mol. The minimum absolute atomic E-state index is 0. The van der Waals surface area contributed by atoms with Gasteiger partial charge in [0.25, 0.3) is 0 Å². The molecule has 2 aromatic carbocycles. The number of halogens is 2. The fraction of sp³-hybridized carbons (Fsp3) is 0.455. The molecule has 0 heterocycles. The molecule has 3 nitrogen and oxygen atoms in total. The van der Waals surface area contributed by atoms with E-state index in [1.807, 2.05) is 0 Å². The van der Waals surface area contributed by atoms with Crippen molar-refractivity contribution in [3.63, 3.8) is 0 Å². The Balaban J connectivity index is 0. The molecule has 0 saturated carbocycles. The summed E-state index contributed by atoms with van der Waals surface area (Å²) in [6.45, 7) is 16.8. The van der Waals surface area contributed by atoms with Gasteiger partial charge in [0.05, 0.1) is 0 Å². The summed E-state index contributed by atoms with van der Waals surface area (Å²) < 4.78 is 0. The van der Waals surface area contributed by atoms with Crippen molar-refractivity contribution < 1.29 is 41.3 Å². The largest absolute Gasteiger partial charge is 2.00 e. The Labute approximate surface area is 193 Å². The van der Waals surface area contributed by atoms with Gasteiger partial charge in [-0.3, -0.25) is 0 Å². The maximum atomic E-state index is 3.56. The molecule has 6 heteroatoms. The van der Waals surface area contributed by atoms with Crippen LogP contribution in [0, 0.1) is 41.5 Å². The van der Waals surface area contributed by atoms with Crippen LogP contribution in [0.5, 0.6) is 0 Å². The Morgan fingerprint density at radius 2 is 0.821 bits per heavy atom. The van der Waals surface area contributed by atoms with Crippen LogP contribution in [0.15, 0.2) is 24.3 Å². The average Bonchev–Trinajstić information content (AvgIpc) is 2.50. The van der Waals surface area contributed by atoms with Crippen LogP contribution in [0.25, 0.3) is 0 Å². The third kappa shape index (κ3) is 8.61. The van der Waals surface area contributed by atoms with E-state index in [9.17, 15) is 0 Å². The molecular formula is C22H33Cl2N3Ni. The predicted molar refractivity (Wildman–Crippen MR) is 111 cm³/mol. The van der Waals surface area contributed by atoms with Gasteiger partial charge in [-0.25, -0.2) is 0 Å². The monoisotopic (exact) mass is 467 g/mol. The summed E-state index contributed by atoms with van der Waals surface area (Å²) in [7, 11) is 0. The van der Waals surface area contributed by atoms with Crippen molar-refractivity contribution in [2.75, 3.05) is 36.8 Å². The van der Waals surface area contributed by atoms with E-state index in [1.165, 1.54) is 44.8 Å². The van der Waals surface area contributed by atoms with Crippen molar-refractivity contribution in [2.45, 2.75) is 41.5 Å². The number of aryl methyl sites for hydroxylation is 6. The first-order valence-electron chi connectivity index (χ1n) is 9.22. The van der Waals surface area contributed by atoms with Gasteiger partial charge in [-0.1, -0.05) is 35.4 Å². The second-order valence-corrected chi connectivity index (χ2v) is 7.15. The Morgan fingerprint density at radius 1 is 0.536 bits per heavy atom. The molecule has 0 saturated heterocycles. The van der Waals surface area contributed by atoms with Crippen LogP contribution in [0.3, 0.4) is 0 Å². The maximum absolute atomic E-state index is 3.56. The van der Waals surface area contributed by atoms with E-state index in [0.29, 0.717) is 0 Å². The second-order valence-electron chi connectivity index (χ2n) is 7.15. The normalized spacial score (nSPS) is 9.64. The average molecular weight is 469 g/mol. The zero-order chi connectivity index (χ0) is 18.4. The molecule has 0 radical (unpaired) electrons. The molecule has 3 N–H and O–H groups in total. The molecule has 0 unspecified atom stereocenters. The molecule has 2 aromatic rings. The van der Waals surface area contributed by atoms with Gasteiger partial charge in [0.1, 0.15) is 0 Å². The van der Waals surface area contributed by atoms with Gasteiger partial charge in [0, 0.05) is 37.6 Å². The summed E-state index contributed by atoms with van der Waals surface area (Å²) in [6.07, 6.45) is 0. The van der Waals surface area contributed by atoms with Crippen molar-refractivity contribution in [1.29, 1.82) is 0 Å². The molecule has 28 heavy (non-hydrogen) atoms. The fourth-order valence-corrected chi connectivity index (χ4v) is 3.59. The maximum Gasteiger partial charge on any atom is 2.00 e. The molecule has 0 spiro atoms. The third-order valence-corrected chi connectivity index (χ3v) is 4.56. The summed E-state index contributed by atoms with van der Waals surface area (Å²) >= 11 is 0. The fourth-order valence-electron chi connectivity index (χ4n) is 3.59. The second kappa shape index (κ2) is 14.1. The summed E-state index contributed by atoms with van der Waals surface area (Å²) in [5.74, 6) is 0. The van der Waals surface area contributed by atoms with Gasteiger partial charge in [0.15, 0.2) is 0 Å². The topological polar surface area (TPSA) is 36.1 Å². The minimum atomic E-state index is 0. The number of benzene rings is 2. The first-order chi connectivity index (χ1) is 11.9. The molecule has 0 aliphatic rings. The molecule has 0 bridgehead atoms. The number of anilines is 2. The Morgan fingerprint density at radius 3 is 1.11 bits per heavy atom. The van der Waals surface area contributed by atoms with Gasteiger partial charge in [-0.2, -0.15) is 0 Å². The van der Waals surface area contributed by atoms with Crippen LogP contribution in [0.4, 0.5) is 11.4 Å². The number of nitrogens with one attached hydrogen (secondary N) is 3.